The molecule has 0 N–H and O–H groups in total. The van der Waals surface area contributed by atoms with E-state index in [-0.39, 0.29) is 23.3 Å². The zero-order valence-electron chi connectivity index (χ0n) is 15.5. The van der Waals surface area contributed by atoms with Crippen LogP contribution in [0.5, 0.6) is 0 Å². The van der Waals surface area contributed by atoms with Crippen molar-refractivity contribution in [3.63, 3.8) is 0 Å². The average Bonchev–Trinajstić information content (AvgIpc) is 2.24. The largest absolute Gasteiger partial charge is 0.460 e. The number of ether oxygens (including phenoxy) is 1. The summed E-state index contributed by atoms with van der Waals surface area (Å²) in [6.45, 7) is 18.8. The minimum Gasteiger partial charge on any atom is -0.460 e. The highest BCUT2D eigenvalue weighted by molar-refractivity contribution is 6.74. The maximum absolute atomic E-state index is 11.9. The first kappa shape index (κ1) is 23.3. The first-order valence-electron chi connectivity index (χ1n) is 7.59. The van der Waals surface area contributed by atoms with Crippen LogP contribution in [0.25, 0.3) is 0 Å². The predicted octanol–water partition coefficient (Wildman–Crippen LogP) is 3.94. The van der Waals surface area contributed by atoms with Crippen LogP contribution in [0, 0.1) is 0 Å². The normalized spacial score (nSPS) is 13.5. The lowest BCUT2D eigenvalue weighted by Gasteiger charge is -2.39. The van der Waals surface area contributed by atoms with E-state index < -0.39 is 13.9 Å². The molecule has 0 aliphatic heterocycles. The summed E-state index contributed by atoms with van der Waals surface area (Å²) >= 11 is 0. The van der Waals surface area contributed by atoms with Gasteiger partial charge in [-0.1, -0.05) is 27.7 Å². The van der Waals surface area contributed by atoms with Gasteiger partial charge in [-0.2, -0.15) is 9.59 Å². The lowest BCUT2D eigenvalue weighted by Crippen LogP contribution is -2.44. The number of esters is 1. The second kappa shape index (κ2) is 9.23. The van der Waals surface area contributed by atoms with Crippen LogP contribution in [0.2, 0.25) is 18.1 Å². The van der Waals surface area contributed by atoms with Crippen LogP contribution >= 0.6 is 0 Å². The van der Waals surface area contributed by atoms with Crippen LogP contribution in [0.15, 0.2) is 0 Å². The Morgan fingerprint density at radius 1 is 1.09 bits per heavy atom. The van der Waals surface area contributed by atoms with E-state index in [0.717, 1.165) is 6.42 Å². The molecule has 130 valence electrons. The topological polar surface area (TPSA) is 69.7 Å². The number of hydrogen-bond acceptors (Lipinski definition) is 5. The van der Waals surface area contributed by atoms with Crippen molar-refractivity contribution in [1.82, 2.24) is 0 Å². The SMILES string of the molecule is CC[C@@H](CC(=O)OC(C)(C)C)O[Si](C)(C)C(C)(C)C.O=C=O. The molecule has 0 aromatic rings. The van der Waals surface area contributed by atoms with Crippen LogP contribution in [0.1, 0.15) is 61.3 Å². The fraction of sp³-hybridized carbons (Fsp3) is 0.875. The molecule has 0 aliphatic carbocycles. The van der Waals surface area contributed by atoms with Crippen molar-refractivity contribution in [2.24, 2.45) is 0 Å². The molecule has 0 aliphatic rings. The Morgan fingerprint density at radius 2 is 1.50 bits per heavy atom. The van der Waals surface area contributed by atoms with Crippen molar-refractivity contribution in [2.45, 2.75) is 91.1 Å². The van der Waals surface area contributed by atoms with Gasteiger partial charge in [0, 0.05) is 0 Å². The lowest BCUT2D eigenvalue weighted by molar-refractivity contribution is -0.191. The van der Waals surface area contributed by atoms with Gasteiger partial charge in [0.15, 0.2) is 8.32 Å². The standard InChI is InChI=1S/C15H32O3Si.CO2/c1-10-12(11-13(16)17-14(2,3)4)18-19(8,9)15(5,6)7;2-1-3/h12H,10-11H2,1-9H3;/t12-;/m0./s1. The van der Waals surface area contributed by atoms with E-state index in [1.807, 2.05) is 20.8 Å². The maximum atomic E-state index is 11.9. The molecule has 0 spiro atoms. The average molecular weight is 333 g/mol. The van der Waals surface area contributed by atoms with E-state index in [0.29, 0.717) is 6.42 Å². The third kappa shape index (κ3) is 10.7. The van der Waals surface area contributed by atoms with Gasteiger partial charge in [-0.25, -0.2) is 0 Å². The van der Waals surface area contributed by atoms with E-state index in [1.54, 1.807) is 0 Å². The van der Waals surface area contributed by atoms with Gasteiger partial charge in [-0.05, 0) is 45.3 Å². The second-order valence-electron chi connectivity index (χ2n) is 7.78. The summed E-state index contributed by atoms with van der Waals surface area (Å²) in [6.07, 6.45) is 1.40. The Hall–Kier alpha value is -0.973. The molecular formula is C16H32O5Si. The number of hydrogen-bond donors (Lipinski definition) is 0. The summed E-state index contributed by atoms with van der Waals surface area (Å²) in [5.74, 6) is -0.168. The summed E-state index contributed by atoms with van der Waals surface area (Å²) in [6, 6.07) is 0. The predicted molar refractivity (Wildman–Crippen MR) is 87.8 cm³/mol. The summed E-state index contributed by atoms with van der Waals surface area (Å²) in [4.78, 5) is 28.1. The van der Waals surface area contributed by atoms with Gasteiger partial charge >= 0.3 is 12.1 Å². The van der Waals surface area contributed by atoms with Crippen molar-refractivity contribution in [1.29, 1.82) is 0 Å². The molecule has 0 aromatic heterocycles. The lowest BCUT2D eigenvalue weighted by atomic mass is 10.1. The Labute approximate surface area is 135 Å². The Morgan fingerprint density at radius 3 is 1.77 bits per heavy atom. The summed E-state index contributed by atoms with van der Waals surface area (Å²) in [5, 5.41) is 0.161. The van der Waals surface area contributed by atoms with Crippen molar-refractivity contribution < 1.29 is 23.5 Å². The number of rotatable bonds is 5. The third-order valence-corrected chi connectivity index (χ3v) is 8.07. The van der Waals surface area contributed by atoms with Crippen LogP contribution in [-0.2, 0) is 23.5 Å². The Balaban J connectivity index is 0. The van der Waals surface area contributed by atoms with Gasteiger partial charge in [0.2, 0.25) is 0 Å². The van der Waals surface area contributed by atoms with Crippen LogP contribution in [-0.4, -0.2) is 32.1 Å². The molecule has 0 amide bonds. The van der Waals surface area contributed by atoms with Gasteiger partial charge in [0.25, 0.3) is 0 Å². The molecule has 0 saturated heterocycles. The molecule has 0 heterocycles. The van der Waals surface area contributed by atoms with Crippen molar-refractivity contribution >= 4 is 20.4 Å². The summed E-state index contributed by atoms with van der Waals surface area (Å²) in [7, 11) is -1.82. The molecule has 0 unspecified atom stereocenters. The van der Waals surface area contributed by atoms with E-state index in [1.165, 1.54) is 0 Å². The van der Waals surface area contributed by atoms with Gasteiger partial charge < -0.3 is 9.16 Å². The maximum Gasteiger partial charge on any atom is 0.373 e. The fourth-order valence-corrected chi connectivity index (χ4v) is 2.87. The van der Waals surface area contributed by atoms with E-state index in [2.05, 4.69) is 40.8 Å². The van der Waals surface area contributed by atoms with E-state index >= 15 is 0 Å². The molecule has 0 bridgehead atoms. The first-order valence-corrected chi connectivity index (χ1v) is 10.5. The van der Waals surface area contributed by atoms with E-state index in [4.69, 9.17) is 18.8 Å². The highest BCUT2D eigenvalue weighted by atomic mass is 28.4. The van der Waals surface area contributed by atoms with Crippen molar-refractivity contribution in [2.75, 3.05) is 0 Å². The minimum absolute atomic E-state index is 0.0317. The molecule has 6 heteroatoms. The molecule has 1 atom stereocenters. The smallest absolute Gasteiger partial charge is 0.373 e. The molecule has 22 heavy (non-hydrogen) atoms. The Kier molecular flexibility index (Phi) is 9.77. The molecular weight excluding hydrogens is 300 g/mol. The molecule has 0 radical (unpaired) electrons. The minimum atomic E-state index is -1.82. The zero-order chi connectivity index (χ0) is 18.2. The van der Waals surface area contributed by atoms with Crippen molar-refractivity contribution in [3.8, 4) is 0 Å². The van der Waals surface area contributed by atoms with Crippen LogP contribution in [0.3, 0.4) is 0 Å². The van der Waals surface area contributed by atoms with Gasteiger partial charge in [-0.3, -0.25) is 4.79 Å². The molecule has 0 aromatic carbocycles. The summed E-state index contributed by atoms with van der Waals surface area (Å²) < 4.78 is 11.6. The summed E-state index contributed by atoms with van der Waals surface area (Å²) in [5.41, 5.74) is -0.424. The van der Waals surface area contributed by atoms with Crippen LogP contribution in [0.4, 0.5) is 0 Å². The molecule has 0 fully saturated rings. The third-order valence-electron chi connectivity index (χ3n) is 3.54. The number of carbonyl (C=O) groups is 1. The molecule has 0 rings (SSSR count). The highest BCUT2D eigenvalue weighted by Gasteiger charge is 2.39. The highest BCUT2D eigenvalue weighted by Crippen LogP contribution is 2.38. The quantitative estimate of drug-likeness (QED) is 0.563. The van der Waals surface area contributed by atoms with Crippen LogP contribution < -0.4 is 0 Å². The van der Waals surface area contributed by atoms with E-state index in [9.17, 15) is 4.79 Å². The number of carbonyl (C=O) groups excluding carboxylic acids is 3. The molecule has 0 saturated carbocycles. The molecule has 5 nitrogen and oxygen atoms in total. The zero-order valence-corrected chi connectivity index (χ0v) is 16.5. The Bertz CT molecular complexity index is 371. The first-order chi connectivity index (χ1) is 9.70. The monoisotopic (exact) mass is 332 g/mol. The second-order valence-corrected chi connectivity index (χ2v) is 12.5. The van der Waals surface area contributed by atoms with Gasteiger partial charge in [-0.15, -0.1) is 0 Å². The van der Waals surface area contributed by atoms with Crippen molar-refractivity contribution in [3.05, 3.63) is 0 Å². The van der Waals surface area contributed by atoms with Gasteiger partial charge in [0.1, 0.15) is 5.60 Å². The fourth-order valence-electron chi connectivity index (χ4n) is 1.43. The van der Waals surface area contributed by atoms with Gasteiger partial charge in [0.05, 0.1) is 12.5 Å².